The molecule has 0 fully saturated rings. The van der Waals surface area contributed by atoms with Crippen LogP contribution in [0.3, 0.4) is 0 Å². The summed E-state index contributed by atoms with van der Waals surface area (Å²) >= 11 is 0. The maximum atomic E-state index is 12.8. The highest BCUT2D eigenvalue weighted by atomic mass is 16.2. The van der Waals surface area contributed by atoms with Gasteiger partial charge in [0.1, 0.15) is 5.54 Å². The van der Waals surface area contributed by atoms with Gasteiger partial charge in [0.25, 0.3) is 5.91 Å². The fourth-order valence-electron chi connectivity index (χ4n) is 3.78. The highest BCUT2D eigenvalue weighted by Gasteiger charge is 2.36. The molecule has 130 valence electrons. The van der Waals surface area contributed by atoms with Crippen molar-refractivity contribution in [1.29, 1.82) is 5.26 Å². The summed E-state index contributed by atoms with van der Waals surface area (Å²) < 4.78 is 0. The van der Waals surface area contributed by atoms with E-state index in [1.807, 2.05) is 24.3 Å². The van der Waals surface area contributed by atoms with Crippen molar-refractivity contribution in [2.24, 2.45) is 0 Å². The standard InChI is InChI=1S/C21H19N3O2/c22-13-21(10-9-14-3-1-2-4-17(14)12-21)24-20(26)16-5-7-18-15(11-16)6-8-19(25)23-18/h1-5,7,11H,6,8-10,12H2,(H,23,25)(H,24,26)/t21-/m1/s1. The first kappa shape index (κ1) is 16.3. The lowest BCUT2D eigenvalue weighted by atomic mass is 9.78. The second kappa shape index (κ2) is 6.30. The molecule has 1 heterocycles. The van der Waals surface area contributed by atoms with Gasteiger partial charge in [-0.3, -0.25) is 9.59 Å². The highest BCUT2D eigenvalue weighted by molar-refractivity contribution is 5.98. The van der Waals surface area contributed by atoms with Crippen molar-refractivity contribution in [3.05, 3.63) is 64.7 Å². The second-order valence-corrected chi connectivity index (χ2v) is 7.01. The molecule has 26 heavy (non-hydrogen) atoms. The van der Waals surface area contributed by atoms with Crippen LogP contribution in [0.5, 0.6) is 0 Å². The lowest BCUT2D eigenvalue weighted by Gasteiger charge is -2.33. The molecule has 1 aliphatic heterocycles. The van der Waals surface area contributed by atoms with Gasteiger partial charge in [0.15, 0.2) is 0 Å². The molecule has 1 atom stereocenters. The molecule has 0 bridgehead atoms. The van der Waals surface area contributed by atoms with E-state index < -0.39 is 5.54 Å². The first-order valence-electron chi connectivity index (χ1n) is 8.82. The van der Waals surface area contributed by atoms with Crippen LogP contribution >= 0.6 is 0 Å². The van der Waals surface area contributed by atoms with Crippen LogP contribution in [-0.2, 0) is 24.1 Å². The molecule has 5 nitrogen and oxygen atoms in total. The largest absolute Gasteiger partial charge is 0.333 e. The minimum absolute atomic E-state index is 0.000920. The average molecular weight is 345 g/mol. The van der Waals surface area contributed by atoms with Crippen LogP contribution in [0, 0.1) is 11.3 Å². The smallest absolute Gasteiger partial charge is 0.252 e. The zero-order valence-electron chi connectivity index (χ0n) is 14.3. The zero-order chi connectivity index (χ0) is 18.1. The van der Waals surface area contributed by atoms with E-state index in [0.29, 0.717) is 31.2 Å². The van der Waals surface area contributed by atoms with Crippen LogP contribution < -0.4 is 10.6 Å². The van der Waals surface area contributed by atoms with E-state index in [1.54, 1.807) is 12.1 Å². The lowest BCUT2D eigenvalue weighted by molar-refractivity contribution is -0.116. The maximum Gasteiger partial charge on any atom is 0.252 e. The molecule has 0 saturated heterocycles. The summed E-state index contributed by atoms with van der Waals surface area (Å²) in [4.78, 5) is 24.3. The predicted octanol–water partition coefficient (Wildman–Crippen LogP) is 2.75. The Morgan fingerprint density at radius 2 is 1.88 bits per heavy atom. The van der Waals surface area contributed by atoms with E-state index in [-0.39, 0.29) is 11.8 Å². The fraction of sp³-hybridized carbons (Fsp3) is 0.286. The number of hydrogen-bond donors (Lipinski definition) is 2. The van der Waals surface area contributed by atoms with Gasteiger partial charge in [-0.15, -0.1) is 0 Å². The van der Waals surface area contributed by atoms with Crippen LogP contribution in [0.1, 0.15) is 39.9 Å². The number of benzene rings is 2. The summed E-state index contributed by atoms with van der Waals surface area (Å²) in [7, 11) is 0. The predicted molar refractivity (Wildman–Crippen MR) is 97.7 cm³/mol. The Kier molecular flexibility index (Phi) is 3.96. The Morgan fingerprint density at radius 3 is 2.69 bits per heavy atom. The number of hydrogen-bond acceptors (Lipinski definition) is 3. The molecule has 1 aliphatic carbocycles. The molecule has 0 unspecified atom stereocenters. The first-order valence-corrected chi connectivity index (χ1v) is 8.82. The minimum Gasteiger partial charge on any atom is -0.333 e. The number of nitrogens with zero attached hydrogens (tertiary/aromatic N) is 1. The molecule has 0 aromatic heterocycles. The topological polar surface area (TPSA) is 82.0 Å². The number of carbonyl (C=O) groups is 2. The highest BCUT2D eigenvalue weighted by Crippen LogP contribution is 2.29. The first-order chi connectivity index (χ1) is 12.6. The second-order valence-electron chi connectivity index (χ2n) is 7.01. The third-order valence-electron chi connectivity index (χ3n) is 5.26. The molecule has 2 aromatic carbocycles. The summed E-state index contributed by atoms with van der Waals surface area (Å²) in [5, 5.41) is 15.6. The van der Waals surface area contributed by atoms with Crippen molar-refractivity contribution in [3.63, 3.8) is 0 Å². The van der Waals surface area contributed by atoms with Crippen LogP contribution in [-0.4, -0.2) is 17.4 Å². The van der Waals surface area contributed by atoms with Gasteiger partial charge < -0.3 is 10.6 Å². The third-order valence-corrected chi connectivity index (χ3v) is 5.26. The summed E-state index contributed by atoms with van der Waals surface area (Å²) in [6, 6.07) is 15.7. The molecule has 5 heteroatoms. The Bertz CT molecular complexity index is 945. The number of amides is 2. The van der Waals surface area contributed by atoms with Crippen LogP contribution in [0.15, 0.2) is 42.5 Å². The van der Waals surface area contributed by atoms with Crippen LogP contribution in [0.4, 0.5) is 5.69 Å². The van der Waals surface area contributed by atoms with Crippen molar-refractivity contribution in [2.75, 3.05) is 5.32 Å². The van der Waals surface area contributed by atoms with Gasteiger partial charge in [0.05, 0.1) is 6.07 Å². The number of carbonyl (C=O) groups excluding carboxylic acids is 2. The van der Waals surface area contributed by atoms with Crippen LogP contribution in [0.25, 0.3) is 0 Å². The molecule has 2 N–H and O–H groups in total. The maximum absolute atomic E-state index is 12.8. The van der Waals surface area contributed by atoms with E-state index >= 15 is 0 Å². The van der Waals surface area contributed by atoms with Gasteiger partial charge in [0, 0.05) is 24.1 Å². The fourth-order valence-corrected chi connectivity index (χ4v) is 3.78. The zero-order valence-corrected chi connectivity index (χ0v) is 14.3. The van der Waals surface area contributed by atoms with Crippen molar-refractivity contribution >= 4 is 17.5 Å². The molecule has 2 aromatic rings. The van der Waals surface area contributed by atoms with Gasteiger partial charge in [0.2, 0.25) is 5.91 Å². The van der Waals surface area contributed by atoms with Crippen molar-refractivity contribution < 1.29 is 9.59 Å². The Hall–Kier alpha value is -3.13. The SMILES string of the molecule is N#C[C@@]1(NC(=O)c2ccc3c(c2)CCC(=O)N3)CCc2ccccc2C1. The Labute approximate surface area is 152 Å². The molecule has 0 saturated carbocycles. The summed E-state index contributed by atoms with van der Waals surface area (Å²) in [5.41, 5.74) is 3.73. The van der Waals surface area contributed by atoms with E-state index in [4.69, 9.17) is 0 Å². The van der Waals surface area contributed by atoms with Crippen molar-refractivity contribution in [1.82, 2.24) is 5.32 Å². The average Bonchev–Trinajstić information content (AvgIpc) is 2.67. The number of aryl methyl sites for hydroxylation is 2. The lowest BCUT2D eigenvalue weighted by Crippen LogP contribution is -2.51. The minimum atomic E-state index is -0.879. The van der Waals surface area contributed by atoms with E-state index in [1.165, 1.54) is 5.56 Å². The summed E-state index contributed by atoms with van der Waals surface area (Å²) in [6.45, 7) is 0. The van der Waals surface area contributed by atoms with Crippen LogP contribution in [0.2, 0.25) is 0 Å². The Morgan fingerprint density at radius 1 is 1.08 bits per heavy atom. The van der Waals surface area contributed by atoms with Crippen molar-refractivity contribution in [3.8, 4) is 6.07 Å². The summed E-state index contributed by atoms with van der Waals surface area (Å²) in [5.74, 6) is -0.246. The molecule has 0 spiro atoms. The normalized spacial score (nSPS) is 21.0. The Balaban J connectivity index is 1.56. The van der Waals surface area contributed by atoms with Gasteiger partial charge in [-0.05, 0) is 54.2 Å². The van der Waals surface area contributed by atoms with Gasteiger partial charge in [-0.2, -0.15) is 5.26 Å². The number of fused-ring (bicyclic) bond motifs is 2. The molecule has 2 aliphatic rings. The molecule has 2 amide bonds. The van der Waals surface area contributed by atoms with Crippen molar-refractivity contribution in [2.45, 2.75) is 37.6 Å². The number of rotatable bonds is 2. The molecular formula is C21H19N3O2. The monoisotopic (exact) mass is 345 g/mol. The number of nitriles is 1. The van der Waals surface area contributed by atoms with Gasteiger partial charge in [-0.1, -0.05) is 24.3 Å². The molecular weight excluding hydrogens is 326 g/mol. The molecule has 0 radical (unpaired) electrons. The quantitative estimate of drug-likeness (QED) is 0.878. The molecule has 4 rings (SSSR count). The number of anilines is 1. The van der Waals surface area contributed by atoms with E-state index in [9.17, 15) is 14.9 Å². The van der Waals surface area contributed by atoms with E-state index in [0.717, 1.165) is 23.2 Å². The summed E-state index contributed by atoms with van der Waals surface area (Å²) in [6.07, 6.45) is 2.95. The number of nitrogens with one attached hydrogen (secondary N) is 2. The third kappa shape index (κ3) is 2.95. The van der Waals surface area contributed by atoms with E-state index in [2.05, 4.69) is 22.8 Å². The van der Waals surface area contributed by atoms with Gasteiger partial charge >= 0.3 is 0 Å². The van der Waals surface area contributed by atoms with Gasteiger partial charge in [-0.25, -0.2) is 0 Å².